The van der Waals surface area contributed by atoms with Crippen LogP contribution in [0.1, 0.15) is 45.9 Å². The highest BCUT2D eigenvalue weighted by molar-refractivity contribution is 5.94. The Kier molecular flexibility index (Phi) is 5.38. The molecule has 0 saturated carbocycles. The van der Waals surface area contributed by atoms with Crippen molar-refractivity contribution in [2.75, 3.05) is 6.54 Å². The molecular weight excluding hydrogens is 348 g/mol. The van der Waals surface area contributed by atoms with Crippen LogP contribution in [0.15, 0.2) is 73.1 Å². The molecule has 0 N–H and O–H groups in total. The second kappa shape index (κ2) is 8.26. The van der Waals surface area contributed by atoms with E-state index in [2.05, 4.69) is 36.2 Å². The van der Waals surface area contributed by atoms with Crippen LogP contribution < -0.4 is 4.74 Å². The van der Waals surface area contributed by atoms with Crippen LogP contribution in [0, 0.1) is 6.92 Å². The van der Waals surface area contributed by atoms with Crippen molar-refractivity contribution in [3.8, 4) is 5.75 Å². The lowest BCUT2D eigenvalue weighted by Gasteiger charge is -2.25. The maximum Gasteiger partial charge on any atom is 0.254 e. The molecular formula is C24H24N2O2. The van der Waals surface area contributed by atoms with Crippen LogP contribution in [0.4, 0.5) is 0 Å². The average molecular weight is 372 g/mol. The van der Waals surface area contributed by atoms with Crippen LogP contribution in [0.2, 0.25) is 0 Å². The third-order valence-electron chi connectivity index (χ3n) is 5.21. The summed E-state index contributed by atoms with van der Waals surface area (Å²) in [7, 11) is 0. The minimum atomic E-state index is 0.0851. The minimum Gasteiger partial charge on any atom is -0.489 e. The summed E-state index contributed by atoms with van der Waals surface area (Å²) in [6, 6.07) is 20.0. The van der Waals surface area contributed by atoms with Gasteiger partial charge < -0.3 is 9.64 Å². The molecule has 1 aliphatic heterocycles. The van der Waals surface area contributed by atoms with Gasteiger partial charge in [-0.1, -0.05) is 35.9 Å². The van der Waals surface area contributed by atoms with Gasteiger partial charge in [0.05, 0.1) is 6.04 Å². The third kappa shape index (κ3) is 4.06. The van der Waals surface area contributed by atoms with E-state index in [9.17, 15) is 4.79 Å². The summed E-state index contributed by atoms with van der Waals surface area (Å²) in [4.78, 5) is 19.1. The first-order valence-corrected chi connectivity index (χ1v) is 9.70. The summed E-state index contributed by atoms with van der Waals surface area (Å²) in [6.07, 6.45) is 5.58. The molecule has 142 valence electrons. The quantitative estimate of drug-likeness (QED) is 0.637. The Balaban J connectivity index is 1.43. The summed E-state index contributed by atoms with van der Waals surface area (Å²) in [5.41, 5.74) is 4.17. The number of rotatable bonds is 5. The Hall–Kier alpha value is -3.14. The molecule has 3 aromatic rings. The van der Waals surface area contributed by atoms with Gasteiger partial charge in [-0.3, -0.25) is 9.78 Å². The molecule has 1 amide bonds. The Morgan fingerprint density at radius 3 is 2.61 bits per heavy atom. The Morgan fingerprint density at radius 2 is 1.89 bits per heavy atom. The molecule has 4 heteroatoms. The predicted octanol–water partition coefficient (Wildman–Crippen LogP) is 4.95. The molecule has 2 heterocycles. The number of ether oxygens (including phenoxy) is 1. The zero-order chi connectivity index (χ0) is 19.3. The topological polar surface area (TPSA) is 42.4 Å². The van der Waals surface area contributed by atoms with E-state index in [4.69, 9.17) is 4.74 Å². The molecule has 0 aliphatic carbocycles. The highest BCUT2D eigenvalue weighted by atomic mass is 16.5. The van der Waals surface area contributed by atoms with E-state index in [-0.39, 0.29) is 11.9 Å². The van der Waals surface area contributed by atoms with E-state index in [0.717, 1.165) is 30.7 Å². The summed E-state index contributed by atoms with van der Waals surface area (Å²) in [5, 5.41) is 0. The van der Waals surface area contributed by atoms with Crippen LogP contribution in [-0.2, 0) is 6.61 Å². The number of pyridine rings is 1. The Bertz CT molecular complexity index is 921. The summed E-state index contributed by atoms with van der Waals surface area (Å²) < 4.78 is 5.79. The number of amides is 1. The van der Waals surface area contributed by atoms with E-state index < -0.39 is 0 Å². The molecule has 0 spiro atoms. The van der Waals surface area contributed by atoms with Crippen molar-refractivity contribution in [1.29, 1.82) is 0 Å². The number of carbonyl (C=O) groups is 1. The number of aryl methyl sites for hydroxylation is 1. The third-order valence-corrected chi connectivity index (χ3v) is 5.21. The van der Waals surface area contributed by atoms with E-state index in [0.29, 0.717) is 12.2 Å². The number of nitrogens with zero attached hydrogens (tertiary/aromatic N) is 2. The van der Waals surface area contributed by atoms with Gasteiger partial charge in [0.15, 0.2) is 0 Å². The van der Waals surface area contributed by atoms with Crippen molar-refractivity contribution < 1.29 is 9.53 Å². The standard InChI is InChI=1S/C24H24N2O2/c1-18-6-8-20(9-7-18)23-5-3-15-26(23)24(27)21-10-12-22(13-11-21)28-17-19-4-2-14-25-16-19/h2,4,6-14,16,23H,3,5,15,17H2,1H3. The summed E-state index contributed by atoms with van der Waals surface area (Å²) in [6.45, 7) is 3.35. The molecule has 1 saturated heterocycles. The van der Waals surface area contributed by atoms with Gasteiger partial charge in [0.2, 0.25) is 0 Å². The van der Waals surface area contributed by atoms with Crippen molar-refractivity contribution in [2.45, 2.75) is 32.4 Å². The molecule has 1 atom stereocenters. The van der Waals surface area contributed by atoms with Gasteiger partial charge >= 0.3 is 0 Å². The Labute approximate surface area is 165 Å². The summed E-state index contributed by atoms with van der Waals surface area (Å²) >= 11 is 0. The molecule has 1 fully saturated rings. The van der Waals surface area contributed by atoms with Gasteiger partial charge in [-0.05, 0) is 55.7 Å². The smallest absolute Gasteiger partial charge is 0.254 e. The van der Waals surface area contributed by atoms with Crippen molar-refractivity contribution in [1.82, 2.24) is 9.88 Å². The molecule has 28 heavy (non-hydrogen) atoms. The first-order chi connectivity index (χ1) is 13.7. The maximum absolute atomic E-state index is 13.1. The number of hydrogen-bond acceptors (Lipinski definition) is 3. The maximum atomic E-state index is 13.1. The van der Waals surface area contributed by atoms with Gasteiger partial charge in [-0.25, -0.2) is 0 Å². The van der Waals surface area contributed by atoms with E-state index in [1.807, 2.05) is 41.3 Å². The number of benzene rings is 2. The van der Waals surface area contributed by atoms with Crippen LogP contribution in [0.3, 0.4) is 0 Å². The molecule has 4 rings (SSSR count). The van der Waals surface area contributed by atoms with Crippen LogP contribution in [0.5, 0.6) is 5.75 Å². The molecule has 2 aromatic carbocycles. The van der Waals surface area contributed by atoms with Gasteiger partial charge in [-0.2, -0.15) is 0 Å². The van der Waals surface area contributed by atoms with Gasteiger partial charge in [0, 0.05) is 30.1 Å². The number of carbonyl (C=O) groups excluding carboxylic acids is 1. The minimum absolute atomic E-state index is 0.0851. The lowest BCUT2D eigenvalue weighted by Crippen LogP contribution is -2.30. The zero-order valence-corrected chi connectivity index (χ0v) is 16.0. The second-order valence-corrected chi connectivity index (χ2v) is 7.24. The van der Waals surface area contributed by atoms with Crippen molar-refractivity contribution in [2.24, 2.45) is 0 Å². The van der Waals surface area contributed by atoms with Crippen molar-refractivity contribution in [3.63, 3.8) is 0 Å². The highest BCUT2D eigenvalue weighted by Crippen LogP contribution is 2.33. The van der Waals surface area contributed by atoms with Crippen LogP contribution >= 0.6 is 0 Å². The molecule has 0 bridgehead atoms. The number of aromatic nitrogens is 1. The van der Waals surface area contributed by atoms with E-state index in [1.165, 1.54) is 11.1 Å². The van der Waals surface area contributed by atoms with Gasteiger partial charge in [0.25, 0.3) is 5.91 Å². The fraction of sp³-hybridized carbons (Fsp3) is 0.250. The number of likely N-dealkylation sites (tertiary alicyclic amines) is 1. The van der Waals surface area contributed by atoms with E-state index >= 15 is 0 Å². The first-order valence-electron chi connectivity index (χ1n) is 9.70. The molecule has 1 aromatic heterocycles. The monoisotopic (exact) mass is 372 g/mol. The Morgan fingerprint density at radius 1 is 1.11 bits per heavy atom. The highest BCUT2D eigenvalue weighted by Gasteiger charge is 2.30. The second-order valence-electron chi connectivity index (χ2n) is 7.24. The van der Waals surface area contributed by atoms with Crippen LogP contribution in [0.25, 0.3) is 0 Å². The lowest BCUT2D eigenvalue weighted by molar-refractivity contribution is 0.0735. The van der Waals surface area contributed by atoms with Gasteiger partial charge in [0.1, 0.15) is 12.4 Å². The predicted molar refractivity (Wildman–Crippen MR) is 109 cm³/mol. The largest absolute Gasteiger partial charge is 0.489 e. The fourth-order valence-corrected chi connectivity index (χ4v) is 3.65. The number of hydrogen-bond donors (Lipinski definition) is 0. The molecule has 4 nitrogen and oxygen atoms in total. The molecule has 0 radical (unpaired) electrons. The van der Waals surface area contributed by atoms with Crippen molar-refractivity contribution >= 4 is 5.91 Å². The molecule has 1 aliphatic rings. The lowest BCUT2D eigenvalue weighted by atomic mass is 10.0. The molecule has 1 unspecified atom stereocenters. The van der Waals surface area contributed by atoms with Crippen molar-refractivity contribution in [3.05, 3.63) is 95.3 Å². The van der Waals surface area contributed by atoms with Gasteiger partial charge in [-0.15, -0.1) is 0 Å². The van der Waals surface area contributed by atoms with E-state index in [1.54, 1.807) is 12.4 Å². The SMILES string of the molecule is Cc1ccc(C2CCCN2C(=O)c2ccc(OCc3cccnc3)cc2)cc1. The van der Waals surface area contributed by atoms with Crippen LogP contribution in [-0.4, -0.2) is 22.3 Å². The normalized spacial score (nSPS) is 16.2. The first kappa shape index (κ1) is 18.2. The zero-order valence-electron chi connectivity index (χ0n) is 16.0. The average Bonchev–Trinajstić information content (AvgIpc) is 3.23. The fourth-order valence-electron chi connectivity index (χ4n) is 3.65. The summed E-state index contributed by atoms with van der Waals surface area (Å²) in [5.74, 6) is 0.832.